The van der Waals surface area contributed by atoms with Gasteiger partial charge in [0.05, 0.1) is 12.7 Å². The van der Waals surface area contributed by atoms with Gasteiger partial charge in [-0.2, -0.15) is 0 Å². The molecule has 2 aromatic rings. The number of aromatic nitrogens is 1. The Bertz CT molecular complexity index is 523. The summed E-state index contributed by atoms with van der Waals surface area (Å²) in [6, 6.07) is 5.29. The summed E-state index contributed by atoms with van der Waals surface area (Å²) in [5, 5.41) is 4.31. The topological polar surface area (TPSA) is 61.3 Å². The number of rotatable bonds is 2. The maximum atomic E-state index is 5.88. The van der Waals surface area contributed by atoms with Gasteiger partial charge in [-0.25, -0.2) is 0 Å². The predicted molar refractivity (Wildman–Crippen MR) is 62.7 cm³/mol. The van der Waals surface area contributed by atoms with Gasteiger partial charge in [-0.05, 0) is 25.1 Å². The average molecular weight is 239 g/mol. The first-order chi connectivity index (χ1) is 7.63. The number of anilines is 1. The van der Waals surface area contributed by atoms with Crippen LogP contribution < -0.4 is 10.5 Å². The number of nitrogen functional groups attached to an aromatic ring is 1. The van der Waals surface area contributed by atoms with Crippen LogP contribution in [0.3, 0.4) is 0 Å². The van der Waals surface area contributed by atoms with Gasteiger partial charge in [-0.15, -0.1) is 0 Å². The van der Waals surface area contributed by atoms with Crippen molar-refractivity contribution >= 4 is 17.4 Å². The van der Waals surface area contributed by atoms with Gasteiger partial charge in [-0.3, -0.25) is 0 Å². The quantitative estimate of drug-likeness (QED) is 0.874. The van der Waals surface area contributed by atoms with E-state index in [1.54, 1.807) is 19.2 Å². The Morgan fingerprint density at radius 3 is 2.75 bits per heavy atom. The van der Waals surface area contributed by atoms with E-state index in [9.17, 15) is 0 Å². The number of hydrogen-bond donors (Lipinski definition) is 1. The van der Waals surface area contributed by atoms with Crippen LogP contribution in [0.15, 0.2) is 22.7 Å². The van der Waals surface area contributed by atoms with Crippen molar-refractivity contribution < 1.29 is 9.26 Å². The van der Waals surface area contributed by atoms with Crippen LogP contribution in [0, 0.1) is 6.92 Å². The van der Waals surface area contributed by atoms with Gasteiger partial charge < -0.3 is 15.0 Å². The Hall–Kier alpha value is -1.68. The maximum absolute atomic E-state index is 5.88. The van der Waals surface area contributed by atoms with Crippen LogP contribution in [0.2, 0.25) is 5.02 Å². The number of hydrogen-bond acceptors (Lipinski definition) is 4. The van der Waals surface area contributed by atoms with E-state index in [0.29, 0.717) is 22.4 Å². The van der Waals surface area contributed by atoms with Gasteiger partial charge in [0.15, 0.2) is 11.6 Å². The van der Waals surface area contributed by atoms with Crippen molar-refractivity contribution in [2.75, 3.05) is 12.8 Å². The number of halogens is 1. The van der Waals surface area contributed by atoms with Gasteiger partial charge in [0.25, 0.3) is 0 Å². The molecule has 0 saturated carbocycles. The standard InChI is InChI=1S/C11H11ClN2O2/c1-6-10(16-14-11(6)13)8-4-3-7(12)5-9(8)15-2/h3-5H,1-2H3,(H2,13,14). The smallest absolute Gasteiger partial charge is 0.175 e. The third kappa shape index (κ3) is 1.72. The highest BCUT2D eigenvalue weighted by Gasteiger charge is 2.15. The molecular weight excluding hydrogens is 228 g/mol. The molecule has 0 amide bonds. The molecule has 0 unspecified atom stereocenters. The summed E-state index contributed by atoms with van der Waals surface area (Å²) in [7, 11) is 1.57. The highest BCUT2D eigenvalue weighted by molar-refractivity contribution is 6.30. The summed E-state index contributed by atoms with van der Waals surface area (Å²) in [6.07, 6.45) is 0. The largest absolute Gasteiger partial charge is 0.496 e. The second kappa shape index (κ2) is 4.06. The molecule has 0 fully saturated rings. The van der Waals surface area contributed by atoms with Crippen molar-refractivity contribution in [3.05, 3.63) is 28.8 Å². The summed E-state index contributed by atoms with van der Waals surface area (Å²) >= 11 is 5.88. The van der Waals surface area contributed by atoms with Gasteiger partial charge >= 0.3 is 0 Å². The molecule has 5 heteroatoms. The minimum atomic E-state index is 0.381. The molecular formula is C11H11ClN2O2. The van der Waals surface area contributed by atoms with E-state index in [1.807, 2.05) is 13.0 Å². The van der Waals surface area contributed by atoms with Gasteiger partial charge in [-0.1, -0.05) is 16.8 Å². The molecule has 1 heterocycles. The molecule has 0 spiro atoms. The minimum absolute atomic E-state index is 0.381. The molecule has 0 bridgehead atoms. The Balaban J connectivity index is 2.59. The third-order valence-corrected chi connectivity index (χ3v) is 2.60. The number of benzene rings is 1. The molecule has 0 radical (unpaired) electrons. The maximum Gasteiger partial charge on any atom is 0.175 e. The first-order valence-electron chi connectivity index (χ1n) is 4.69. The van der Waals surface area contributed by atoms with Crippen molar-refractivity contribution in [2.45, 2.75) is 6.92 Å². The summed E-state index contributed by atoms with van der Waals surface area (Å²) in [4.78, 5) is 0. The van der Waals surface area contributed by atoms with Crippen molar-refractivity contribution in [3.63, 3.8) is 0 Å². The van der Waals surface area contributed by atoms with Crippen LogP contribution in [-0.2, 0) is 0 Å². The fourth-order valence-electron chi connectivity index (χ4n) is 1.45. The van der Waals surface area contributed by atoms with E-state index < -0.39 is 0 Å². The van der Waals surface area contributed by atoms with Crippen LogP contribution in [0.4, 0.5) is 5.82 Å². The Morgan fingerprint density at radius 2 is 2.19 bits per heavy atom. The van der Waals surface area contributed by atoms with Crippen LogP contribution in [-0.4, -0.2) is 12.3 Å². The average Bonchev–Trinajstić information content (AvgIpc) is 2.60. The molecule has 2 rings (SSSR count). The zero-order valence-electron chi connectivity index (χ0n) is 8.95. The highest BCUT2D eigenvalue weighted by atomic mass is 35.5. The van der Waals surface area contributed by atoms with Gasteiger partial charge in [0, 0.05) is 10.6 Å². The van der Waals surface area contributed by atoms with E-state index in [1.165, 1.54) is 0 Å². The van der Waals surface area contributed by atoms with E-state index in [0.717, 1.165) is 11.1 Å². The molecule has 0 aliphatic carbocycles. The summed E-state index contributed by atoms with van der Waals surface area (Å²) in [5.41, 5.74) is 7.21. The van der Waals surface area contributed by atoms with Crippen LogP contribution >= 0.6 is 11.6 Å². The molecule has 0 atom stereocenters. The SMILES string of the molecule is COc1cc(Cl)ccc1-c1onc(N)c1C. The number of methoxy groups -OCH3 is 1. The zero-order valence-corrected chi connectivity index (χ0v) is 9.71. The van der Waals surface area contributed by atoms with Crippen molar-refractivity contribution in [1.29, 1.82) is 0 Å². The molecule has 0 aliphatic rings. The van der Waals surface area contributed by atoms with Gasteiger partial charge in [0.2, 0.25) is 0 Å². The van der Waals surface area contributed by atoms with Crippen LogP contribution in [0.25, 0.3) is 11.3 Å². The predicted octanol–water partition coefficient (Wildman–Crippen LogP) is 2.89. The number of ether oxygens (including phenoxy) is 1. The molecule has 16 heavy (non-hydrogen) atoms. The van der Waals surface area contributed by atoms with E-state index in [4.69, 9.17) is 26.6 Å². The van der Waals surface area contributed by atoms with E-state index >= 15 is 0 Å². The zero-order chi connectivity index (χ0) is 11.7. The van der Waals surface area contributed by atoms with Crippen molar-refractivity contribution in [1.82, 2.24) is 5.16 Å². The van der Waals surface area contributed by atoms with Crippen molar-refractivity contribution in [3.8, 4) is 17.1 Å². The van der Waals surface area contributed by atoms with Crippen molar-refractivity contribution in [2.24, 2.45) is 0 Å². The lowest BCUT2D eigenvalue weighted by Crippen LogP contribution is -1.89. The fourth-order valence-corrected chi connectivity index (χ4v) is 1.61. The normalized spacial score (nSPS) is 10.4. The molecule has 1 aromatic carbocycles. The molecule has 0 aliphatic heterocycles. The second-order valence-electron chi connectivity index (χ2n) is 3.37. The molecule has 2 N–H and O–H groups in total. The lowest BCUT2D eigenvalue weighted by atomic mass is 10.1. The fraction of sp³-hybridized carbons (Fsp3) is 0.182. The first kappa shape index (κ1) is 10.8. The summed E-state index contributed by atoms with van der Waals surface area (Å²) < 4.78 is 10.4. The Morgan fingerprint density at radius 1 is 1.44 bits per heavy atom. The number of nitrogens with two attached hydrogens (primary N) is 1. The highest BCUT2D eigenvalue weighted by Crippen LogP contribution is 2.35. The first-order valence-corrected chi connectivity index (χ1v) is 5.07. The third-order valence-electron chi connectivity index (χ3n) is 2.37. The number of nitrogens with zero attached hydrogens (tertiary/aromatic N) is 1. The van der Waals surface area contributed by atoms with Crippen LogP contribution in [0.1, 0.15) is 5.56 Å². The minimum Gasteiger partial charge on any atom is -0.496 e. The second-order valence-corrected chi connectivity index (χ2v) is 3.80. The molecule has 1 aromatic heterocycles. The lowest BCUT2D eigenvalue weighted by molar-refractivity contribution is 0.407. The molecule has 84 valence electrons. The Labute approximate surface area is 97.9 Å². The monoisotopic (exact) mass is 238 g/mol. The lowest BCUT2D eigenvalue weighted by Gasteiger charge is -2.06. The summed E-state index contributed by atoms with van der Waals surface area (Å²) in [6.45, 7) is 1.84. The molecule has 0 saturated heterocycles. The van der Waals surface area contributed by atoms with E-state index in [-0.39, 0.29) is 0 Å². The Kier molecular flexibility index (Phi) is 2.75. The molecule has 4 nitrogen and oxygen atoms in total. The van der Waals surface area contributed by atoms with Gasteiger partial charge in [0.1, 0.15) is 5.75 Å². The summed E-state index contributed by atoms with van der Waals surface area (Å²) in [5.74, 6) is 1.62. The van der Waals surface area contributed by atoms with Crippen LogP contribution in [0.5, 0.6) is 5.75 Å². The van der Waals surface area contributed by atoms with E-state index in [2.05, 4.69) is 5.16 Å².